The zero-order valence-corrected chi connectivity index (χ0v) is 13.2. The summed E-state index contributed by atoms with van der Waals surface area (Å²) in [6, 6.07) is 2.49. The normalized spacial score (nSPS) is 18.1. The Bertz CT molecular complexity index is 705. The summed E-state index contributed by atoms with van der Waals surface area (Å²) < 4.78 is 6.88. The maximum absolute atomic E-state index is 12.3. The minimum Gasteiger partial charge on any atom is -0.459 e. The number of carbonyl (C=O) groups excluding carboxylic acids is 2. The van der Waals surface area contributed by atoms with Gasteiger partial charge in [-0.3, -0.25) is 14.3 Å². The Balaban J connectivity index is 1.62. The number of aryl methyl sites for hydroxylation is 1. The summed E-state index contributed by atoms with van der Waals surface area (Å²) in [5, 5.41) is 9.90. The van der Waals surface area contributed by atoms with Gasteiger partial charge in [0, 0.05) is 18.3 Å². The maximum Gasteiger partial charge on any atom is 0.287 e. The highest BCUT2D eigenvalue weighted by Gasteiger charge is 2.27. The van der Waals surface area contributed by atoms with Crippen molar-refractivity contribution in [2.45, 2.75) is 38.3 Å². The van der Waals surface area contributed by atoms with Crippen LogP contribution in [-0.4, -0.2) is 27.6 Å². The molecule has 0 aliphatic heterocycles. The first kappa shape index (κ1) is 15.3. The molecule has 122 valence electrons. The molecule has 0 spiro atoms. The molecule has 2 amide bonds. The fourth-order valence-electron chi connectivity index (χ4n) is 2.89. The predicted molar refractivity (Wildman–Crippen MR) is 82.7 cm³/mol. The van der Waals surface area contributed by atoms with Gasteiger partial charge in [-0.2, -0.15) is 5.10 Å². The molecular weight excluding hydrogens is 296 g/mol. The molecule has 2 N–H and O–H groups in total. The van der Waals surface area contributed by atoms with Gasteiger partial charge in [0.1, 0.15) is 6.04 Å². The molecule has 2 aromatic heterocycles. The van der Waals surface area contributed by atoms with Gasteiger partial charge in [-0.25, -0.2) is 0 Å². The minimum atomic E-state index is -0.644. The number of aromatic nitrogens is 2. The number of hydrogen-bond donors (Lipinski definition) is 2. The third-order valence-electron chi connectivity index (χ3n) is 4.18. The van der Waals surface area contributed by atoms with E-state index in [1.54, 1.807) is 19.1 Å². The lowest BCUT2D eigenvalue weighted by atomic mass is 9.93. The maximum atomic E-state index is 12.3. The van der Waals surface area contributed by atoms with Gasteiger partial charge in [-0.1, -0.05) is 0 Å². The SMILES string of the molecule is C[C@H](NC(=O)c1ccco1)C(=O)N[C@H]1CCCc2c1cnn2C. The Labute approximate surface area is 134 Å². The molecule has 0 saturated heterocycles. The average molecular weight is 316 g/mol. The molecule has 0 aromatic carbocycles. The highest BCUT2D eigenvalue weighted by Crippen LogP contribution is 2.29. The smallest absolute Gasteiger partial charge is 0.287 e. The lowest BCUT2D eigenvalue weighted by Crippen LogP contribution is -2.46. The van der Waals surface area contributed by atoms with Gasteiger partial charge >= 0.3 is 0 Å². The fraction of sp³-hybridized carbons (Fsp3) is 0.438. The van der Waals surface area contributed by atoms with Gasteiger partial charge in [0.05, 0.1) is 18.5 Å². The van der Waals surface area contributed by atoms with E-state index in [4.69, 9.17) is 4.42 Å². The standard InChI is InChI=1S/C16H20N4O3/c1-10(18-16(22)14-7-4-8-23-14)15(21)19-12-5-3-6-13-11(12)9-17-20(13)2/h4,7-10,12H,3,5-6H2,1-2H3,(H,18,22)(H,19,21)/t10-,12-/m0/s1. The molecule has 1 aliphatic rings. The van der Waals surface area contributed by atoms with Crippen molar-refractivity contribution in [1.29, 1.82) is 0 Å². The van der Waals surface area contributed by atoms with Crippen LogP contribution >= 0.6 is 0 Å². The second-order valence-corrected chi connectivity index (χ2v) is 5.80. The molecule has 2 atom stereocenters. The number of amides is 2. The number of fused-ring (bicyclic) bond motifs is 1. The van der Waals surface area contributed by atoms with Crippen LogP contribution < -0.4 is 10.6 Å². The van der Waals surface area contributed by atoms with Gasteiger partial charge in [0.25, 0.3) is 5.91 Å². The molecule has 23 heavy (non-hydrogen) atoms. The van der Waals surface area contributed by atoms with Gasteiger partial charge < -0.3 is 15.1 Å². The summed E-state index contributed by atoms with van der Waals surface area (Å²) in [6.07, 6.45) is 6.09. The van der Waals surface area contributed by atoms with Crippen molar-refractivity contribution in [3.8, 4) is 0 Å². The van der Waals surface area contributed by atoms with E-state index < -0.39 is 11.9 Å². The van der Waals surface area contributed by atoms with Crippen LogP contribution in [0.25, 0.3) is 0 Å². The zero-order chi connectivity index (χ0) is 16.4. The Hall–Kier alpha value is -2.57. The number of furan rings is 1. The van der Waals surface area contributed by atoms with Crippen LogP contribution in [0.5, 0.6) is 0 Å². The van der Waals surface area contributed by atoms with E-state index in [2.05, 4.69) is 15.7 Å². The van der Waals surface area contributed by atoms with Gasteiger partial charge in [0.2, 0.25) is 5.91 Å². The van der Waals surface area contributed by atoms with E-state index >= 15 is 0 Å². The summed E-state index contributed by atoms with van der Waals surface area (Å²) in [5.74, 6) is -0.424. The Morgan fingerprint density at radius 1 is 1.48 bits per heavy atom. The molecule has 0 bridgehead atoms. The average Bonchev–Trinajstić information content (AvgIpc) is 3.18. The van der Waals surface area contributed by atoms with Crippen LogP contribution in [0.3, 0.4) is 0 Å². The van der Waals surface area contributed by atoms with Crippen LogP contribution in [0.4, 0.5) is 0 Å². The number of rotatable bonds is 4. The lowest BCUT2D eigenvalue weighted by molar-refractivity contribution is -0.123. The summed E-state index contributed by atoms with van der Waals surface area (Å²) in [6.45, 7) is 1.66. The zero-order valence-electron chi connectivity index (χ0n) is 13.2. The van der Waals surface area contributed by atoms with E-state index in [0.29, 0.717) is 0 Å². The largest absolute Gasteiger partial charge is 0.459 e. The van der Waals surface area contributed by atoms with E-state index in [1.807, 2.05) is 17.9 Å². The Kier molecular flexibility index (Phi) is 4.18. The molecule has 0 fully saturated rings. The van der Waals surface area contributed by atoms with Crippen LogP contribution in [0.15, 0.2) is 29.0 Å². The van der Waals surface area contributed by atoms with Gasteiger partial charge in [-0.05, 0) is 38.3 Å². The first-order valence-electron chi connectivity index (χ1n) is 7.71. The second kappa shape index (κ2) is 6.28. The van der Waals surface area contributed by atoms with E-state index in [1.165, 1.54) is 6.26 Å². The summed E-state index contributed by atoms with van der Waals surface area (Å²) in [5.41, 5.74) is 2.23. The van der Waals surface area contributed by atoms with Crippen molar-refractivity contribution in [2.24, 2.45) is 7.05 Å². The Morgan fingerprint density at radius 2 is 2.30 bits per heavy atom. The van der Waals surface area contributed by atoms with E-state index in [9.17, 15) is 9.59 Å². The second-order valence-electron chi connectivity index (χ2n) is 5.80. The minimum absolute atomic E-state index is 0.0529. The first-order chi connectivity index (χ1) is 11.1. The van der Waals surface area contributed by atoms with Crippen LogP contribution in [0.2, 0.25) is 0 Å². The third-order valence-corrected chi connectivity index (χ3v) is 4.18. The molecule has 3 rings (SSSR count). The summed E-state index contributed by atoms with van der Waals surface area (Å²) >= 11 is 0. The van der Waals surface area contributed by atoms with Crippen molar-refractivity contribution in [3.63, 3.8) is 0 Å². The molecule has 2 aromatic rings. The topological polar surface area (TPSA) is 89.2 Å². The van der Waals surface area contributed by atoms with E-state index in [0.717, 1.165) is 30.5 Å². The van der Waals surface area contributed by atoms with Crippen molar-refractivity contribution in [1.82, 2.24) is 20.4 Å². The Morgan fingerprint density at radius 3 is 3.04 bits per heavy atom. The fourth-order valence-corrected chi connectivity index (χ4v) is 2.89. The number of nitrogens with zero attached hydrogens (tertiary/aromatic N) is 2. The van der Waals surface area contributed by atoms with Gasteiger partial charge in [0.15, 0.2) is 5.76 Å². The van der Waals surface area contributed by atoms with Crippen molar-refractivity contribution in [3.05, 3.63) is 41.6 Å². The summed E-state index contributed by atoms with van der Waals surface area (Å²) in [7, 11) is 1.91. The summed E-state index contributed by atoms with van der Waals surface area (Å²) in [4.78, 5) is 24.3. The lowest BCUT2D eigenvalue weighted by Gasteiger charge is -2.25. The van der Waals surface area contributed by atoms with Crippen molar-refractivity contribution >= 4 is 11.8 Å². The molecule has 7 nitrogen and oxygen atoms in total. The predicted octanol–water partition coefficient (Wildman–Crippen LogP) is 1.33. The molecule has 7 heteroatoms. The van der Waals surface area contributed by atoms with Gasteiger partial charge in [-0.15, -0.1) is 0 Å². The van der Waals surface area contributed by atoms with Crippen LogP contribution in [-0.2, 0) is 18.3 Å². The molecule has 1 aliphatic carbocycles. The number of nitrogens with one attached hydrogen (secondary N) is 2. The molecule has 2 heterocycles. The number of hydrogen-bond acceptors (Lipinski definition) is 4. The molecule has 0 unspecified atom stereocenters. The molecule has 0 saturated carbocycles. The first-order valence-corrected chi connectivity index (χ1v) is 7.71. The van der Waals surface area contributed by atoms with Crippen LogP contribution in [0.1, 0.15) is 47.6 Å². The highest BCUT2D eigenvalue weighted by molar-refractivity contribution is 5.95. The molecule has 0 radical (unpaired) electrons. The highest BCUT2D eigenvalue weighted by atomic mass is 16.3. The van der Waals surface area contributed by atoms with E-state index in [-0.39, 0.29) is 17.7 Å². The third kappa shape index (κ3) is 3.13. The monoisotopic (exact) mass is 316 g/mol. The van der Waals surface area contributed by atoms with Crippen LogP contribution in [0, 0.1) is 0 Å². The van der Waals surface area contributed by atoms with Crippen molar-refractivity contribution in [2.75, 3.05) is 0 Å². The van der Waals surface area contributed by atoms with Crippen molar-refractivity contribution < 1.29 is 14.0 Å². The number of carbonyl (C=O) groups is 2. The molecular formula is C16H20N4O3. The quantitative estimate of drug-likeness (QED) is 0.890.